The Bertz CT molecular complexity index is 624. The molecule has 4 aliphatic carbocycles. The van der Waals surface area contributed by atoms with E-state index < -0.39 is 5.60 Å². The lowest BCUT2D eigenvalue weighted by atomic mass is 9.51. The molecule has 24 heavy (non-hydrogen) atoms. The fourth-order valence-corrected chi connectivity index (χ4v) is 6.48. The summed E-state index contributed by atoms with van der Waals surface area (Å²) in [7, 11) is 0. The SMILES string of the molecule is C#C[C@]1(O)CC[C@H]2[C@@H]3CC=C4C=C(OCC)CC[C@@H]4[C@H]3CC[C@@]21C. The molecule has 0 heterocycles. The van der Waals surface area contributed by atoms with Gasteiger partial charge in [-0.15, -0.1) is 6.42 Å². The average Bonchev–Trinajstić information content (AvgIpc) is 2.87. The minimum absolute atomic E-state index is 0.0880. The first-order chi connectivity index (χ1) is 11.5. The van der Waals surface area contributed by atoms with Crippen molar-refractivity contribution < 1.29 is 9.84 Å². The van der Waals surface area contributed by atoms with E-state index in [9.17, 15) is 5.11 Å². The molecule has 0 aromatic carbocycles. The van der Waals surface area contributed by atoms with Crippen LogP contribution in [0.2, 0.25) is 0 Å². The Balaban J connectivity index is 1.62. The van der Waals surface area contributed by atoms with E-state index >= 15 is 0 Å². The number of fused-ring (bicyclic) bond motifs is 5. The quantitative estimate of drug-likeness (QED) is 0.760. The molecule has 0 aromatic heterocycles. The third kappa shape index (κ3) is 2.14. The van der Waals surface area contributed by atoms with Gasteiger partial charge >= 0.3 is 0 Å². The molecule has 0 spiro atoms. The van der Waals surface area contributed by atoms with Crippen molar-refractivity contribution in [2.75, 3.05) is 6.61 Å². The number of hydrogen-bond acceptors (Lipinski definition) is 2. The van der Waals surface area contributed by atoms with Crippen LogP contribution in [0.3, 0.4) is 0 Å². The van der Waals surface area contributed by atoms with Crippen molar-refractivity contribution >= 4 is 0 Å². The normalized spacial score (nSPS) is 46.8. The molecular formula is C22H30O2. The van der Waals surface area contributed by atoms with Crippen LogP contribution in [-0.4, -0.2) is 17.3 Å². The fraction of sp³-hybridized carbons (Fsp3) is 0.727. The van der Waals surface area contributed by atoms with Crippen molar-refractivity contribution in [2.24, 2.45) is 29.1 Å². The summed E-state index contributed by atoms with van der Waals surface area (Å²) >= 11 is 0. The first-order valence-electron chi connectivity index (χ1n) is 9.76. The fourth-order valence-electron chi connectivity index (χ4n) is 6.48. The Labute approximate surface area is 146 Å². The molecule has 0 saturated heterocycles. The van der Waals surface area contributed by atoms with E-state index in [0.29, 0.717) is 17.8 Å². The van der Waals surface area contributed by atoms with Crippen LogP contribution in [0.4, 0.5) is 0 Å². The zero-order valence-corrected chi connectivity index (χ0v) is 15.1. The third-order valence-electron chi connectivity index (χ3n) is 7.81. The van der Waals surface area contributed by atoms with Crippen molar-refractivity contribution in [3.63, 3.8) is 0 Å². The summed E-state index contributed by atoms with van der Waals surface area (Å²) in [5.41, 5.74) is 0.538. The van der Waals surface area contributed by atoms with Crippen molar-refractivity contribution in [3.8, 4) is 12.3 Å². The monoisotopic (exact) mass is 326 g/mol. The number of hydrogen-bond donors (Lipinski definition) is 1. The van der Waals surface area contributed by atoms with Gasteiger partial charge in [0.15, 0.2) is 0 Å². The summed E-state index contributed by atoms with van der Waals surface area (Å²) in [4.78, 5) is 0. The number of terminal acetylenes is 1. The van der Waals surface area contributed by atoms with Crippen molar-refractivity contribution in [1.82, 2.24) is 0 Å². The molecule has 4 aliphatic rings. The van der Waals surface area contributed by atoms with Gasteiger partial charge in [-0.25, -0.2) is 0 Å². The molecule has 4 rings (SSSR count). The molecule has 2 nitrogen and oxygen atoms in total. The zero-order chi connectivity index (χ0) is 16.9. The highest BCUT2D eigenvalue weighted by Crippen LogP contribution is 2.64. The average molecular weight is 326 g/mol. The van der Waals surface area contributed by atoms with Crippen LogP contribution in [0.5, 0.6) is 0 Å². The highest BCUT2D eigenvalue weighted by molar-refractivity contribution is 5.32. The summed E-state index contributed by atoms with van der Waals surface area (Å²) in [5, 5.41) is 11.0. The summed E-state index contributed by atoms with van der Waals surface area (Å²) < 4.78 is 5.76. The van der Waals surface area contributed by atoms with E-state index in [0.717, 1.165) is 44.6 Å². The Morgan fingerprint density at radius 2 is 2.12 bits per heavy atom. The van der Waals surface area contributed by atoms with Gasteiger partial charge in [0.25, 0.3) is 0 Å². The summed E-state index contributed by atoms with van der Waals surface area (Å²) in [6.07, 6.45) is 18.1. The van der Waals surface area contributed by atoms with Gasteiger partial charge in [-0.1, -0.05) is 18.9 Å². The van der Waals surface area contributed by atoms with Crippen LogP contribution in [0.25, 0.3) is 0 Å². The van der Waals surface area contributed by atoms with Gasteiger partial charge in [-0.3, -0.25) is 0 Å². The van der Waals surface area contributed by atoms with Crippen molar-refractivity contribution in [2.45, 2.75) is 64.4 Å². The lowest BCUT2D eigenvalue weighted by Gasteiger charge is -2.53. The van der Waals surface area contributed by atoms with Crippen LogP contribution in [-0.2, 0) is 4.74 Å². The molecule has 0 unspecified atom stereocenters. The molecule has 0 bridgehead atoms. The molecule has 2 saturated carbocycles. The van der Waals surface area contributed by atoms with Crippen molar-refractivity contribution in [1.29, 1.82) is 0 Å². The first kappa shape index (κ1) is 16.3. The van der Waals surface area contributed by atoms with E-state index in [2.05, 4.69) is 31.9 Å². The molecule has 2 heteroatoms. The van der Waals surface area contributed by atoms with Gasteiger partial charge in [-0.2, -0.15) is 0 Å². The summed E-state index contributed by atoms with van der Waals surface area (Å²) in [6, 6.07) is 0. The summed E-state index contributed by atoms with van der Waals surface area (Å²) in [5.74, 6) is 6.66. The van der Waals surface area contributed by atoms with E-state index in [1.807, 2.05) is 0 Å². The Morgan fingerprint density at radius 1 is 1.29 bits per heavy atom. The Kier molecular flexibility index (Phi) is 3.84. The highest BCUT2D eigenvalue weighted by Gasteiger charge is 2.61. The van der Waals surface area contributed by atoms with Gasteiger partial charge in [-0.05, 0) is 80.8 Å². The maximum absolute atomic E-state index is 11.0. The Morgan fingerprint density at radius 3 is 2.88 bits per heavy atom. The van der Waals surface area contributed by atoms with Crippen LogP contribution in [0, 0.1) is 41.4 Å². The van der Waals surface area contributed by atoms with Gasteiger partial charge in [0, 0.05) is 11.8 Å². The van der Waals surface area contributed by atoms with Gasteiger partial charge in [0.05, 0.1) is 12.4 Å². The van der Waals surface area contributed by atoms with Crippen LogP contribution >= 0.6 is 0 Å². The number of aliphatic hydroxyl groups is 1. The minimum Gasteiger partial charge on any atom is -0.498 e. The molecule has 0 amide bonds. The maximum Gasteiger partial charge on any atom is 0.130 e. The van der Waals surface area contributed by atoms with E-state index in [1.54, 1.807) is 0 Å². The van der Waals surface area contributed by atoms with Gasteiger partial charge in [0.1, 0.15) is 5.60 Å². The smallest absolute Gasteiger partial charge is 0.130 e. The molecule has 0 aliphatic heterocycles. The van der Waals surface area contributed by atoms with Crippen molar-refractivity contribution in [3.05, 3.63) is 23.5 Å². The summed E-state index contributed by atoms with van der Waals surface area (Å²) in [6.45, 7) is 5.09. The highest BCUT2D eigenvalue weighted by atomic mass is 16.5. The van der Waals surface area contributed by atoms with E-state index in [1.165, 1.54) is 24.2 Å². The molecule has 130 valence electrons. The minimum atomic E-state index is -0.888. The van der Waals surface area contributed by atoms with Crippen LogP contribution < -0.4 is 0 Å². The number of ether oxygens (including phenoxy) is 1. The number of allylic oxidation sites excluding steroid dienone is 4. The zero-order valence-electron chi connectivity index (χ0n) is 15.1. The van der Waals surface area contributed by atoms with Crippen LogP contribution in [0.1, 0.15) is 58.8 Å². The lowest BCUT2D eigenvalue weighted by molar-refractivity contribution is -0.0804. The topological polar surface area (TPSA) is 29.5 Å². The molecule has 1 N–H and O–H groups in total. The van der Waals surface area contributed by atoms with Gasteiger partial charge in [0.2, 0.25) is 0 Å². The molecular weight excluding hydrogens is 296 g/mol. The predicted octanol–water partition coefficient (Wildman–Crippen LogP) is 4.45. The number of rotatable bonds is 2. The van der Waals surface area contributed by atoms with Crippen LogP contribution in [0.15, 0.2) is 23.5 Å². The van der Waals surface area contributed by atoms with Gasteiger partial charge < -0.3 is 9.84 Å². The maximum atomic E-state index is 11.0. The first-order valence-corrected chi connectivity index (χ1v) is 9.76. The lowest BCUT2D eigenvalue weighted by Crippen LogP contribution is -2.51. The predicted molar refractivity (Wildman–Crippen MR) is 96.0 cm³/mol. The standard InChI is InChI=1S/C22H30O2/c1-4-22(23)13-11-20-19-8-6-15-14-16(24-5-2)7-9-17(15)18(19)10-12-21(20,22)3/h1,6,14,17-20,23H,5,7-13H2,2-3H3/t17-,18+,19+,20-,21-,22-/m0/s1. The third-order valence-corrected chi connectivity index (χ3v) is 7.81. The Hall–Kier alpha value is -1.20. The second-order valence-electron chi connectivity index (χ2n) is 8.56. The van der Waals surface area contributed by atoms with E-state index in [-0.39, 0.29) is 5.41 Å². The second-order valence-corrected chi connectivity index (χ2v) is 8.56. The second kappa shape index (κ2) is 5.67. The molecule has 6 atom stereocenters. The molecule has 0 aromatic rings. The van der Waals surface area contributed by atoms with E-state index in [4.69, 9.17) is 11.2 Å². The largest absolute Gasteiger partial charge is 0.498 e. The molecule has 2 fully saturated rings. The molecule has 0 radical (unpaired) electrons.